The second-order valence-corrected chi connectivity index (χ2v) is 7.25. The smallest absolute Gasteiger partial charge is 0.282 e. The molecule has 1 aromatic carbocycles. The molecule has 1 N–H and O–H groups in total. The molecule has 1 aliphatic carbocycles. The molecular formula is C16H13N5O5S. The van der Waals surface area contributed by atoms with E-state index in [-0.39, 0.29) is 24.1 Å². The highest BCUT2D eigenvalue weighted by atomic mass is 32.1. The van der Waals surface area contributed by atoms with Gasteiger partial charge in [-0.25, -0.2) is 0 Å². The molecule has 10 nitrogen and oxygen atoms in total. The summed E-state index contributed by atoms with van der Waals surface area (Å²) in [6, 6.07) is 3.89. The number of carbonyl (C=O) groups excluding carboxylic acids is 3. The Kier molecular flexibility index (Phi) is 4.15. The minimum Gasteiger partial charge on any atom is -0.300 e. The molecule has 0 saturated heterocycles. The molecule has 1 fully saturated rings. The van der Waals surface area contributed by atoms with Crippen LogP contribution in [0.15, 0.2) is 18.2 Å². The van der Waals surface area contributed by atoms with Gasteiger partial charge in [-0.05, 0) is 18.9 Å². The normalized spacial score (nSPS) is 15.8. The van der Waals surface area contributed by atoms with Crippen LogP contribution in [-0.2, 0) is 4.79 Å². The lowest BCUT2D eigenvalue weighted by atomic mass is 10.1. The number of imide groups is 1. The zero-order valence-electron chi connectivity index (χ0n) is 13.9. The van der Waals surface area contributed by atoms with Crippen molar-refractivity contribution in [3.63, 3.8) is 0 Å². The fraction of sp³-hybridized carbons (Fsp3) is 0.312. The summed E-state index contributed by atoms with van der Waals surface area (Å²) in [6.07, 6.45) is 2.01. The highest BCUT2D eigenvalue weighted by Crippen LogP contribution is 2.42. The van der Waals surface area contributed by atoms with Gasteiger partial charge in [-0.1, -0.05) is 17.4 Å². The Morgan fingerprint density at radius 2 is 2.07 bits per heavy atom. The molecule has 138 valence electrons. The quantitative estimate of drug-likeness (QED) is 0.454. The number of amides is 3. The number of hydrogen-bond donors (Lipinski definition) is 1. The summed E-state index contributed by atoms with van der Waals surface area (Å²) in [5.74, 6) is -1.39. The van der Waals surface area contributed by atoms with E-state index in [0.29, 0.717) is 11.0 Å². The molecule has 3 amide bonds. The Balaban J connectivity index is 1.41. The molecule has 4 rings (SSSR count). The Labute approximate surface area is 156 Å². The van der Waals surface area contributed by atoms with Crippen molar-refractivity contribution in [2.45, 2.75) is 25.2 Å². The zero-order chi connectivity index (χ0) is 19.1. The van der Waals surface area contributed by atoms with Gasteiger partial charge in [-0.2, -0.15) is 0 Å². The topological polar surface area (TPSA) is 135 Å². The number of fused-ring (bicyclic) bond motifs is 1. The van der Waals surface area contributed by atoms with Gasteiger partial charge in [0.05, 0.1) is 10.5 Å². The van der Waals surface area contributed by atoms with E-state index in [2.05, 4.69) is 15.5 Å². The molecule has 0 spiro atoms. The number of rotatable bonds is 6. The highest BCUT2D eigenvalue weighted by Gasteiger charge is 2.40. The van der Waals surface area contributed by atoms with Gasteiger partial charge in [-0.3, -0.25) is 29.4 Å². The molecule has 2 heterocycles. The van der Waals surface area contributed by atoms with Crippen LogP contribution in [0.4, 0.5) is 10.8 Å². The highest BCUT2D eigenvalue weighted by molar-refractivity contribution is 7.15. The van der Waals surface area contributed by atoms with Crippen molar-refractivity contribution in [1.82, 2.24) is 15.1 Å². The van der Waals surface area contributed by atoms with Gasteiger partial charge in [0, 0.05) is 24.9 Å². The van der Waals surface area contributed by atoms with Gasteiger partial charge in [0.1, 0.15) is 10.6 Å². The fourth-order valence-electron chi connectivity index (χ4n) is 2.85. The first-order valence-corrected chi connectivity index (χ1v) is 9.04. The van der Waals surface area contributed by atoms with Crippen molar-refractivity contribution < 1.29 is 19.3 Å². The Morgan fingerprint density at radius 1 is 1.30 bits per heavy atom. The molecule has 0 bridgehead atoms. The number of nitro benzene ring substituents is 1. The van der Waals surface area contributed by atoms with Gasteiger partial charge in [-0.15, -0.1) is 10.2 Å². The Bertz CT molecular complexity index is 983. The SMILES string of the molecule is O=C(CCN1C(=O)c2cccc([N+](=O)[O-])c2C1=O)Nc1nnc(C2CC2)s1. The lowest BCUT2D eigenvalue weighted by molar-refractivity contribution is -0.385. The van der Waals surface area contributed by atoms with E-state index in [1.807, 2.05) is 0 Å². The fourth-order valence-corrected chi connectivity index (χ4v) is 3.78. The van der Waals surface area contributed by atoms with Crippen LogP contribution in [0.3, 0.4) is 0 Å². The van der Waals surface area contributed by atoms with Gasteiger partial charge >= 0.3 is 0 Å². The number of nitro groups is 1. The summed E-state index contributed by atoms with van der Waals surface area (Å²) in [7, 11) is 0. The second-order valence-electron chi connectivity index (χ2n) is 6.24. The number of benzene rings is 1. The van der Waals surface area contributed by atoms with E-state index in [1.165, 1.54) is 29.5 Å². The van der Waals surface area contributed by atoms with Crippen LogP contribution < -0.4 is 5.32 Å². The molecule has 0 radical (unpaired) electrons. The summed E-state index contributed by atoms with van der Waals surface area (Å²) in [5, 5.41) is 22.9. The summed E-state index contributed by atoms with van der Waals surface area (Å²) in [4.78, 5) is 48.1. The first kappa shape index (κ1) is 17.2. The number of aromatic nitrogens is 2. The van der Waals surface area contributed by atoms with Crippen LogP contribution >= 0.6 is 11.3 Å². The Hall–Kier alpha value is -3.21. The van der Waals surface area contributed by atoms with Crippen LogP contribution in [0.1, 0.15) is 50.9 Å². The van der Waals surface area contributed by atoms with Gasteiger partial charge < -0.3 is 5.32 Å². The van der Waals surface area contributed by atoms with Crippen LogP contribution in [-0.4, -0.2) is 44.3 Å². The molecule has 1 saturated carbocycles. The van der Waals surface area contributed by atoms with Crippen molar-refractivity contribution in [2.24, 2.45) is 0 Å². The minimum atomic E-state index is -0.762. The number of nitrogens with zero attached hydrogens (tertiary/aromatic N) is 4. The third kappa shape index (κ3) is 3.16. The van der Waals surface area contributed by atoms with Gasteiger partial charge in [0.15, 0.2) is 0 Å². The maximum absolute atomic E-state index is 12.4. The predicted molar refractivity (Wildman–Crippen MR) is 93.6 cm³/mol. The average Bonchev–Trinajstić information content (AvgIpc) is 3.34. The predicted octanol–water partition coefficient (Wildman–Crippen LogP) is 1.95. The standard InChI is InChI=1S/C16H13N5O5S/c22-11(17-16-19-18-13(27-16)8-4-5-8)6-7-20-14(23)9-2-1-3-10(21(25)26)12(9)15(20)24/h1-3,8H,4-7H2,(H,17,19,22). The first-order valence-electron chi connectivity index (χ1n) is 8.22. The molecule has 1 aromatic heterocycles. The molecule has 11 heteroatoms. The third-order valence-corrected chi connectivity index (χ3v) is 5.35. The van der Waals surface area contributed by atoms with Crippen LogP contribution in [0.2, 0.25) is 0 Å². The summed E-state index contributed by atoms with van der Waals surface area (Å²) in [5.41, 5.74) is -0.668. The Morgan fingerprint density at radius 3 is 2.78 bits per heavy atom. The molecule has 2 aliphatic rings. The minimum absolute atomic E-state index is 0.0205. The van der Waals surface area contributed by atoms with E-state index < -0.39 is 28.3 Å². The number of nitrogens with one attached hydrogen (secondary N) is 1. The van der Waals surface area contributed by atoms with Crippen molar-refractivity contribution >= 4 is 39.9 Å². The van der Waals surface area contributed by atoms with Crippen molar-refractivity contribution in [2.75, 3.05) is 11.9 Å². The lowest BCUT2D eigenvalue weighted by Crippen LogP contribution is -2.33. The van der Waals surface area contributed by atoms with E-state index in [4.69, 9.17) is 0 Å². The molecule has 27 heavy (non-hydrogen) atoms. The van der Waals surface area contributed by atoms with Crippen LogP contribution in [0.25, 0.3) is 0 Å². The maximum Gasteiger partial charge on any atom is 0.282 e. The summed E-state index contributed by atoms with van der Waals surface area (Å²) < 4.78 is 0. The van der Waals surface area contributed by atoms with E-state index >= 15 is 0 Å². The molecule has 2 aromatic rings. The lowest BCUT2D eigenvalue weighted by Gasteiger charge is -2.12. The number of carbonyl (C=O) groups is 3. The number of hydrogen-bond acceptors (Lipinski definition) is 8. The monoisotopic (exact) mass is 387 g/mol. The largest absolute Gasteiger partial charge is 0.300 e. The van der Waals surface area contributed by atoms with E-state index in [1.54, 1.807) is 0 Å². The molecular weight excluding hydrogens is 374 g/mol. The van der Waals surface area contributed by atoms with Crippen LogP contribution in [0, 0.1) is 10.1 Å². The zero-order valence-corrected chi connectivity index (χ0v) is 14.7. The van der Waals surface area contributed by atoms with Gasteiger partial charge in [0.2, 0.25) is 11.0 Å². The van der Waals surface area contributed by atoms with Crippen LogP contribution in [0.5, 0.6) is 0 Å². The van der Waals surface area contributed by atoms with Crippen molar-refractivity contribution in [1.29, 1.82) is 0 Å². The maximum atomic E-state index is 12.4. The molecule has 0 unspecified atom stereocenters. The second kappa shape index (κ2) is 6.50. The molecule has 1 aliphatic heterocycles. The third-order valence-electron chi connectivity index (χ3n) is 4.35. The van der Waals surface area contributed by atoms with Crippen molar-refractivity contribution in [3.05, 3.63) is 44.4 Å². The van der Waals surface area contributed by atoms with Gasteiger partial charge in [0.25, 0.3) is 17.5 Å². The summed E-state index contributed by atoms with van der Waals surface area (Å²) >= 11 is 1.31. The average molecular weight is 387 g/mol. The van der Waals surface area contributed by atoms with Crippen molar-refractivity contribution in [3.8, 4) is 0 Å². The number of anilines is 1. The van der Waals surface area contributed by atoms with E-state index in [9.17, 15) is 24.5 Å². The molecule has 0 atom stereocenters. The first-order chi connectivity index (χ1) is 13.0. The van der Waals surface area contributed by atoms with E-state index in [0.717, 1.165) is 22.7 Å². The summed E-state index contributed by atoms with van der Waals surface area (Å²) in [6.45, 7) is -0.177.